The van der Waals surface area contributed by atoms with Crippen molar-refractivity contribution in [1.29, 1.82) is 0 Å². The maximum absolute atomic E-state index is 12.8. The lowest BCUT2D eigenvalue weighted by molar-refractivity contribution is -0.113. The van der Waals surface area contributed by atoms with Gasteiger partial charge in [0.05, 0.1) is 17.9 Å². The average molecular weight is 515 g/mol. The molecule has 4 rings (SSSR count). The number of nitrogens with one attached hydrogen (secondary N) is 1. The van der Waals surface area contributed by atoms with E-state index in [9.17, 15) is 9.59 Å². The van der Waals surface area contributed by atoms with Gasteiger partial charge in [-0.1, -0.05) is 29.5 Å². The number of hydrogen-bond acceptors (Lipinski definition) is 8. The number of anilines is 1. The summed E-state index contributed by atoms with van der Waals surface area (Å²) in [7, 11) is 1.86. The van der Waals surface area contributed by atoms with Crippen molar-refractivity contribution >= 4 is 40.0 Å². The van der Waals surface area contributed by atoms with Gasteiger partial charge in [-0.15, -0.1) is 21.5 Å². The zero-order valence-corrected chi connectivity index (χ0v) is 22.1. The van der Waals surface area contributed by atoms with Crippen LogP contribution in [0, 0.1) is 6.92 Å². The van der Waals surface area contributed by atoms with Gasteiger partial charge < -0.3 is 19.4 Å². The largest absolute Gasteiger partial charge is 0.483 e. The van der Waals surface area contributed by atoms with Crippen molar-refractivity contribution in [3.05, 3.63) is 51.7 Å². The summed E-state index contributed by atoms with van der Waals surface area (Å²) in [5.74, 6) is 1.01. The molecule has 0 saturated heterocycles. The van der Waals surface area contributed by atoms with E-state index in [4.69, 9.17) is 9.47 Å². The molecule has 1 aliphatic carbocycles. The summed E-state index contributed by atoms with van der Waals surface area (Å²) in [5, 5.41) is 12.6. The summed E-state index contributed by atoms with van der Waals surface area (Å²) in [4.78, 5) is 26.6. The Morgan fingerprint density at radius 3 is 2.69 bits per heavy atom. The number of amides is 1. The highest BCUT2D eigenvalue weighted by Crippen LogP contribution is 2.38. The predicted octanol–water partition coefficient (Wildman–Crippen LogP) is 5.11. The Morgan fingerprint density at radius 2 is 1.94 bits per heavy atom. The molecule has 2 aromatic heterocycles. The van der Waals surface area contributed by atoms with Gasteiger partial charge >= 0.3 is 5.97 Å². The molecule has 1 aromatic carbocycles. The van der Waals surface area contributed by atoms with E-state index in [0.29, 0.717) is 28.2 Å². The van der Waals surface area contributed by atoms with E-state index < -0.39 is 0 Å². The third kappa shape index (κ3) is 5.87. The summed E-state index contributed by atoms with van der Waals surface area (Å²) < 4.78 is 13.1. The van der Waals surface area contributed by atoms with Crippen LogP contribution in [0.4, 0.5) is 5.00 Å². The number of carbonyl (C=O) groups excluding carboxylic acids is 2. The summed E-state index contributed by atoms with van der Waals surface area (Å²) in [6.45, 7) is 6.03. The molecular formula is C25H30N4O4S2. The summed E-state index contributed by atoms with van der Waals surface area (Å²) in [6.07, 6.45) is 3.61. The number of esters is 1. The lowest BCUT2D eigenvalue weighted by Crippen LogP contribution is -2.17. The van der Waals surface area contributed by atoms with Gasteiger partial charge in [0.1, 0.15) is 10.8 Å². The third-order valence-electron chi connectivity index (χ3n) is 5.80. The highest BCUT2D eigenvalue weighted by atomic mass is 32.2. The maximum atomic E-state index is 12.8. The summed E-state index contributed by atoms with van der Waals surface area (Å²) in [5.41, 5.74) is 2.72. The first kappa shape index (κ1) is 25.2. The van der Waals surface area contributed by atoms with Crippen LogP contribution in [0.25, 0.3) is 0 Å². The van der Waals surface area contributed by atoms with Crippen molar-refractivity contribution in [3.8, 4) is 5.75 Å². The van der Waals surface area contributed by atoms with Crippen LogP contribution in [-0.2, 0) is 29.4 Å². The average Bonchev–Trinajstić information content (AvgIpc) is 3.39. The van der Waals surface area contributed by atoms with Crippen LogP contribution in [0.3, 0.4) is 0 Å². The van der Waals surface area contributed by atoms with Gasteiger partial charge in [-0.2, -0.15) is 0 Å². The number of thiophene rings is 1. The first-order chi connectivity index (χ1) is 16.9. The maximum Gasteiger partial charge on any atom is 0.341 e. The molecule has 10 heteroatoms. The van der Waals surface area contributed by atoms with Gasteiger partial charge in [-0.3, -0.25) is 4.79 Å². The molecule has 1 atom stereocenters. The molecule has 0 aliphatic heterocycles. The molecule has 3 aromatic rings. The summed E-state index contributed by atoms with van der Waals surface area (Å²) >= 11 is 2.78. The zero-order valence-electron chi connectivity index (χ0n) is 20.4. The van der Waals surface area contributed by atoms with Crippen molar-refractivity contribution < 1.29 is 19.1 Å². The number of nitrogens with zero attached hydrogens (tertiary/aromatic N) is 3. The number of aromatic nitrogens is 3. The van der Waals surface area contributed by atoms with Crippen molar-refractivity contribution in [2.75, 3.05) is 17.7 Å². The van der Waals surface area contributed by atoms with E-state index in [1.165, 1.54) is 28.0 Å². The molecule has 8 nitrogen and oxygen atoms in total. The number of fused-ring (bicyclic) bond motifs is 1. The number of carbonyl (C=O) groups is 2. The lowest BCUT2D eigenvalue weighted by Gasteiger charge is -2.14. The van der Waals surface area contributed by atoms with E-state index in [1.54, 1.807) is 6.92 Å². The molecule has 0 fully saturated rings. The van der Waals surface area contributed by atoms with Crippen LogP contribution >= 0.6 is 23.1 Å². The third-order valence-corrected chi connectivity index (χ3v) is 8.03. The topological polar surface area (TPSA) is 95.3 Å². The molecule has 0 bridgehead atoms. The minimum absolute atomic E-state index is 0.143. The Morgan fingerprint density at radius 1 is 1.20 bits per heavy atom. The predicted molar refractivity (Wildman–Crippen MR) is 137 cm³/mol. The molecule has 0 saturated carbocycles. The molecule has 1 aliphatic rings. The lowest BCUT2D eigenvalue weighted by atomic mass is 9.95. The Labute approximate surface area is 213 Å². The molecule has 1 amide bonds. The van der Waals surface area contributed by atoms with Crippen molar-refractivity contribution in [2.24, 2.45) is 7.05 Å². The molecule has 0 radical (unpaired) electrons. The van der Waals surface area contributed by atoms with Crippen molar-refractivity contribution in [1.82, 2.24) is 14.8 Å². The highest BCUT2D eigenvalue weighted by molar-refractivity contribution is 7.99. The minimum Gasteiger partial charge on any atom is -0.483 e. The smallest absolute Gasteiger partial charge is 0.341 e. The number of ether oxygens (including phenoxy) is 2. The second kappa shape index (κ2) is 11.3. The Bertz CT molecular complexity index is 1200. The first-order valence-corrected chi connectivity index (χ1v) is 13.5. The van der Waals surface area contributed by atoms with Gasteiger partial charge in [0.25, 0.3) is 0 Å². The van der Waals surface area contributed by atoms with E-state index in [2.05, 4.69) is 15.5 Å². The second-order valence-electron chi connectivity index (χ2n) is 8.45. The molecule has 1 unspecified atom stereocenters. The quantitative estimate of drug-likeness (QED) is 0.313. The monoisotopic (exact) mass is 514 g/mol. The molecule has 186 valence electrons. The molecular weight excluding hydrogens is 484 g/mol. The van der Waals surface area contributed by atoms with Crippen LogP contribution < -0.4 is 10.1 Å². The molecule has 2 heterocycles. The number of rotatable bonds is 9. The number of hydrogen-bond donors (Lipinski definition) is 1. The van der Waals surface area contributed by atoms with E-state index >= 15 is 0 Å². The fraction of sp³-hybridized carbons (Fsp3) is 0.440. The van der Waals surface area contributed by atoms with E-state index in [1.807, 2.05) is 49.7 Å². The van der Waals surface area contributed by atoms with Gasteiger partial charge in [-0.25, -0.2) is 4.79 Å². The van der Waals surface area contributed by atoms with Gasteiger partial charge in [0, 0.05) is 11.9 Å². The zero-order chi connectivity index (χ0) is 24.9. The Hall–Kier alpha value is -2.85. The summed E-state index contributed by atoms with van der Waals surface area (Å²) in [6, 6.07) is 7.84. The molecule has 1 N–H and O–H groups in total. The minimum atomic E-state index is -0.365. The fourth-order valence-electron chi connectivity index (χ4n) is 4.05. The van der Waals surface area contributed by atoms with Crippen LogP contribution in [0.2, 0.25) is 0 Å². The van der Waals surface area contributed by atoms with Gasteiger partial charge in [-0.05, 0) is 64.2 Å². The van der Waals surface area contributed by atoms with Gasteiger partial charge in [0.2, 0.25) is 5.91 Å². The van der Waals surface area contributed by atoms with Crippen molar-refractivity contribution in [2.45, 2.75) is 57.7 Å². The highest BCUT2D eigenvalue weighted by Gasteiger charge is 2.27. The van der Waals surface area contributed by atoms with Crippen LogP contribution in [0.1, 0.15) is 65.0 Å². The SMILES string of the molecule is CCOC(=O)c1c(NC(=O)CSc2nnc(C(C)Oc3ccc(C)cc3)n2C)sc2c1CCCC2. The Kier molecular flexibility index (Phi) is 8.12. The molecule has 0 spiro atoms. The second-order valence-corrected chi connectivity index (χ2v) is 10.5. The Balaban J connectivity index is 1.40. The fourth-order valence-corrected chi connectivity index (χ4v) is 6.06. The number of benzene rings is 1. The van der Waals surface area contributed by atoms with Crippen LogP contribution in [-0.4, -0.2) is 39.0 Å². The molecule has 35 heavy (non-hydrogen) atoms. The van der Waals surface area contributed by atoms with E-state index in [0.717, 1.165) is 42.6 Å². The number of thioether (sulfide) groups is 1. The van der Waals surface area contributed by atoms with Crippen LogP contribution in [0.5, 0.6) is 5.75 Å². The first-order valence-electron chi connectivity index (χ1n) is 11.7. The van der Waals surface area contributed by atoms with E-state index in [-0.39, 0.29) is 23.7 Å². The standard InChI is InChI=1S/C25H30N4O4S2/c1-5-32-24(31)21-18-8-6-7-9-19(18)35-23(21)26-20(30)14-34-25-28-27-22(29(25)4)16(3)33-17-12-10-15(2)11-13-17/h10-13,16H,5-9,14H2,1-4H3,(H,26,30). The van der Waals surface area contributed by atoms with Gasteiger partial charge in [0.15, 0.2) is 17.1 Å². The normalized spacial score (nSPS) is 13.7. The van der Waals surface area contributed by atoms with Crippen molar-refractivity contribution in [3.63, 3.8) is 0 Å². The number of aryl methyl sites for hydroxylation is 2. The van der Waals surface area contributed by atoms with Crippen LogP contribution in [0.15, 0.2) is 29.4 Å².